The van der Waals surface area contributed by atoms with E-state index in [4.69, 9.17) is 0 Å². The molecule has 0 fully saturated rings. The van der Waals surface area contributed by atoms with E-state index in [-0.39, 0.29) is 0 Å². The fraction of sp³-hybridized carbons (Fsp3) is 0.333. The Morgan fingerprint density at radius 3 is 2.50 bits per heavy atom. The number of nitrogens with one attached hydrogen (secondary N) is 1. The summed E-state index contributed by atoms with van der Waals surface area (Å²) in [5.41, 5.74) is 2.18. The van der Waals surface area contributed by atoms with Crippen LogP contribution in [-0.4, -0.2) is 7.05 Å². The molecule has 0 heterocycles. The van der Waals surface area contributed by atoms with Gasteiger partial charge in [-0.05, 0) is 18.1 Å². The standard InChI is InChI=1S/C9H15N/c1-5-7-9(10-4)8(3)6-2/h5,7,10H,1,3,6H2,2,4H3/b9-7+. The molecule has 1 nitrogen and oxygen atoms in total. The second kappa shape index (κ2) is 4.86. The minimum absolute atomic E-state index is 0.973. The third-order valence-electron chi connectivity index (χ3n) is 1.36. The summed E-state index contributed by atoms with van der Waals surface area (Å²) in [5, 5.41) is 3.04. The number of likely N-dealkylation sites (N-methyl/N-ethyl adjacent to an activating group) is 1. The third-order valence-corrected chi connectivity index (χ3v) is 1.36. The van der Waals surface area contributed by atoms with Gasteiger partial charge in [-0.15, -0.1) is 0 Å². The average Bonchev–Trinajstić information content (AvgIpc) is 1.99. The number of rotatable bonds is 4. The first-order valence-corrected chi connectivity index (χ1v) is 3.44. The number of hydrogen-bond acceptors (Lipinski definition) is 1. The topological polar surface area (TPSA) is 12.0 Å². The maximum Gasteiger partial charge on any atom is 0.0363 e. The molecule has 0 atom stereocenters. The van der Waals surface area contributed by atoms with Crippen LogP contribution in [-0.2, 0) is 0 Å². The van der Waals surface area contributed by atoms with Gasteiger partial charge in [-0.2, -0.15) is 0 Å². The van der Waals surface area contributed by atoms with Crippen LogP contribution in [0, 0.1) is 0 Å². The smallest absolute Gasteiger partial charge is 0.0363 e. The Morgan fingerprint density at radius 2 is 2.20 bits per heavy atom. The van der Waals surface area contributed by atoms with E-state index in [1.807, 2.05) is 13.1 Å². The zero-order chi connectivity index (χ0) is 7.98. The Balaban J connectivity index is 4.19. The largest absolute Gasteiger partial charge is 0.388 e. The first-order valence-electron chi connectivity index (χ1n) is 3.44. The van der Waals surface area contributed by atoms with Gasteiger partial charge in [-0.25, -0.2) is 0 Å². The molecular formula is C9H15N. The molecule has 0 unspecified atom stereocenters. The lowest BCUT2D eigenvalue weighted by atomic mass is 10.1. The van der Waals surface area contributed by atoms with Gasteiger partial charge < -0.3 is 5.32 Å². The SMILES string of the molecule is C=C/C=C(/NC)C(=C)CC. The van der Waals surface area contributed by atoms with E-state index in [1.54, 1.807) is 6.08 Å². The molecule has 0 radical (unpaired) electrons. The summed E-state index contributed by atoms with van der Waals surface area (Å²) in [4.78, 5) is 0. The number of allylic oxidation sites excluding steroid dienone is 3. The van der Waals surface area contributed by atoms with Crippen LogP contribution < -0.4 is 5.32 Å². The Hall–Kier alpha value is -0.980. The molecule has 0 aliphatic carbocycles. The lowest BCUT2D eigenvalue weighted by molar-refractivity contribution is 0.958. The molecule has 0 spiro atoms. The maximum absolute atomic E-state index is 3.88. The van der Waals surface area contributed by atoms with E-state index >= 15 is 0 Å². The van der Waals surface area contributed by atoms with Gasteiger partial charge in [0.2, 0.25) is 0 Å². The maximum atomic E-state index is 3.88. The molecule has 1 N–H and O–H groups in total. The predicted octanol–water partition coefficient (Wildman–Crippen LogP) is 2.24. The molecule has 0 aliphatic rings. The summed E-state index contributed by atoms with van der Waals surface area (Å²) in [6.07, 6.45) is 4.65. The van der Waals surface area contributed by atoms with Crippen LogP contribution in [0.3, 0.4) is 0 Å². The lowest BCUT2D eigenvalue weighted by Crippen LogP contribution is -2.06. The predicted molar refractivity (Wildman–Crippen MR) is 46.8 cm³/mol. The quantitative estimate of drug-likeness (QED) is 0.586. The van der Waals surface area contributed by atoms with Crippen molar-refractivity contribution in [3.63, 3.8) is 0 Å². The van der Waals surface area contributed by atoms with Gasteiger partial charge in [-0.1, -0.05) is 26.2 Å². The minimum atomic E-state index is 0.973. The summed E-state index contributed by atoms with van der Waals surface area (Å²) in [5.74, 6) is 0. The summed E-state index contributed by atoms with van der Waals surface area (Å²) in [6.45, 7) is 9.57. The molecule has 0 rings (SSSR count). The third kappa shape index (κ3) is 2.53. The Labute approximate surface area is 63.1 Å². The van der Waals surface area contributed by atoms with Gasteiger partial charge in [0.1, 0.15) is 0 Å². The fourth-order valence-corrected chi connectivity index (χ4v) is 0.686. The molecule has 0 amide bonds. The van der Waals surface area contributed by atoms with Crippen molar-refractivity contribution < 1.29 is 0 Å². The first kappa shape index (κ1) is 9.02. The molecule has 0 bridgehead atoms. The van der Waals surface area contributed by atoms with Crippen LogP contribution in [0.15, 0.2) is 36.6 Å². The van der Waals surface area contributed by atoms with Crippen LogP contribution in [0.2, 0.25) is 0 Å². The second-order valence-electron chi connectivity index (χ2n) is 2.02. The first-order chi connectivity index (χ1) is 4.76. The zero-order valence-electron chi connectivity index (χ0n) is 6.78. The highest BCUT2D eigenvalue weighted by molar-refractivity contribution is 5.28. The van der Waals surface area contributed by atoms with Crippen molar-refractivity contribution in [3.8, 4) is 0 Å². The monoisotopic (exact) mass is 137 g/mol. The van der Waals surface area contributed by atoms with E-state index in [2.05, 4.69) is 25.4 Å². The van der Waals surface area contributed by atoms with Crippen molar-refractivity contribution >= 4 is 0 Å². The van der Waals surface area contributed by atoms with E-state index in [0.717, 1.165) is 17.7 Å². The average molecular weight is 137 g/mol. The highest BCUT2D eigenvalue weighted by Crippen LogP contribution is 2.06. The molecule has 0 aromatic heterocycles. The molecule has 0 saturated heterocycles. The van der Waals surface area contributed by atoms with E-state index in [1.165, 1.54) is 0 Å². The molecule has 0 aliphatic heterocycles. The normalized spacial score (nSPS) is 10.8. The van der Waals surface area contributed by atoms with Gasteiger partial charge in [-0.3, -0.25) is 0 Å². The summed E-state index contributed by atoms with van der Waals surface area (Å²) in [7, 11) is 1.89. The van der Waals surface area contributed by atoms with Gasteiger partial charge in [0.25, 0.3) is 0 Å². The van der Waals surface area contributed by atoms with Crippen LogP contribution in [0.4, 0.5) is 0 Å². The zero-order valence-corrected chi connectivity index (χ0v) is 6.78. The minimum Gasteiger partial charge on any atom is -0.388 e. The van der Waals surface area contributed by atoms with Crippen LogP contribution in [0.5, 0.6) is 0 Å². The highest BCUT2D eigenvalue weighted by Gasteiger charge is 1.93. The summed E-state index contributed by atoms with van der Waals surface area (Å²) < 4.78 is 0. The van der Waals surface area contributed by atoms with Crippen molar-refractivity contribution in [2.24, 2.45) is 0 Å². The van der Waals surface area contributed by atoms with E-state index in [9.17, 15) is 0 Å². The fourth-order valence-electron chi connectivity index (χ4n) is 0.686. The lowest BCUT2D eigenvalue weighted by Gasteiger charge is -2.05. The molecule has 0 saturated carbocycles. The van der Waals surface area contributed by atoms with Crippen LogP contribution in [0.25, 0.3) is 0 Å². The van der Waals surface area contributed by atoms with E-state index < -0.39 is 0 Å². The van der Waals surface area contributed by atoms with Crippen molar-refractivity contribution in [2.45, 2.75) is 13.3 Å². The molecule has 1 heteroatoms. The molecule has 0 aromatic carbocycles. The Bertz CT molecular complexity index is 154. The van der Waals surface area contributed by atoms with Crippen molar-refractivity contribution in [2.75, 3.05) is 7.05 Å². The van der Waals surface area contributed by atoms with E-state index in [0.29, 0.717) is 0 Å². The van der Waals surface area contributed by atoms with Crippen LogP contribution >= 0.6 is 0 Å². The Morgan fingerprint density at radius 1 is 1.60 bits per heavy atom. The summed E-state index contributed by atoms with van der Waals surface area (Å²) >= 11 is 0. The highest BCUT2D eigenvalue weighted by atomic mass is 14.8. The molecule has 10 heavy (non-hydrogen) atoms. The van der Waals surface area contributed by atoms with Crippen molar-refractivity contribution in [1.82, 2.24) is 5.32 Å². The molecular weight excluding hydrogens is 122 g/mol. The second-order valence-corrected chi connectivity index (χ2v) is 2.02. The Kier molecular flexibility index (Phi) is 4.38. The summed E-state index contributed by atoms with van der Waals surface area (Å²) in [6, 6.07) is 0. The van der Waals surface area contributed by atoms with Gasteiger partial charge in [0, 0.05) is 12.7 Å². The molecule has 0 aromatic rings. The van der Waals surface area contributed by atoms with Gasteiger partial charge >= 0.3 is 0 Å². The van der Waals surface area contributed by atoms with Crippen LogP contribution in [0.1, 0.15) is 13.3 Å². The van der Waals surface area contributed by atoms with Gasteiger partial charge in [0.15, 0.2) is 0 Å². The van der Waals surface area contributed by atoms with Crippen molar-refractivity contribution in [3.05, 3.63) is 36.6 Å². The number of hydrogen-bond donors (Lipinski definition) is 1. The van der Waals surface area contributed by atoms with Crippen molar-refractivity contribution in [1.29, 1.82) is 0 Å². The molecule has 56 valence electrons. The van der Waals surface area contributed by atoms with Gasteiger partial charge in [0.05, 0.1) is 0 Å².